The Morgan fingerprint density at radius 3 is 2.74 bits per heavy atom. The zero-order chi connectivity index (χ0) is 18.9. The molecule has 0 saturated heterocycles. The Morgan fingerprint density at radius 1 is 1.19 bits per heavy atom. The largest absolute Gasteiger partial charge is 0.493 e. The van der Waals surface area contributed by atoms with Gasteiger partial charge in [0.15, 0.2) is 5.96 Å². The van der Waals surface area contributed by atoms with Crippen LogP contribution in [0.25, 0.3) is 0 Å². The molecule has 0 bridgehead atoms. The van der Waals surface area contributed by atoms with E-state index in [1.54, 1.807) is 13.3 Å². The Bertz CT molecular complexity index is 742. The molecule has 1 heterocycles. The van der Waals surface area contributed by atoms with Crippen LogP contribution in [0.5, 0.6) is 11.6 Å². The highest BCUT2D eigenvalue weighted by Crippen LogP contribution is 2.30. The van der Waals surface area contributed by atoms with Crippen LogP contribution in [0.3, 0.4) is 0 Å². The molecule has 144 valence electrons. The third-order valence-corrected chi connectivity index (χ3v) is 4.36. The zero-order valence-electron chi connectivity index (χ0n) is 16.1. The van der Waals surface area contributed by atoms with Crippen LogP contribution in [0.15, 0.2) is 47.6 Å². The van der Waals surface area contributed by atoms with Crippen LogP contribution >= 0.6 is 0 Å². The van der Waals surface area contributed by atoms with E-state index in [4.69, 9.17) is 9.47 Å². The van der Waals surface area contributed by atoms with Gasteiger partial charge in [0.25, 0.3) is 0 Å². The lowest BCUT2D eigenvalue weighted by Crippen LogP contribution is -2.36. The molecule has 1 aliphatic carbocycles. The number of methoxy groups -OCH3 is 1. The van der Waals surface area contributed by atoms with Crippen LogP contribution in [-0.4, -0.2) is 31.2 Å². The van der Waals surface area contributed by atoms with E-state index in [-0.39, 0.29) is 0 Å². The van der Waals surface area contributed by atoms with Crippen molar-refractivity contribution in [3.05, 3.63) is 53.7 Å². The quantitative estimate of drug-likeness (QED) is 0.526. The molecular formula is C21H28N4O2. The molecule has 3 rings (SSSR count). The van der Waals surface area contributed by atoms with Gasteiger partial charge in [-0.25, -0.2) is 9.98 Å². The molecule has 0 amide bonds. The van der Waals surface area contributed by atoms with Gasteiger partial charge in [-0.15, -0.1) is 0 Å². The predicted octanol–water partition coefficient (Wildman–Crippen LogP) is 3.13. The van der Waals surface area contributed by atoms with Crippen LogP contribution < -0.4 is 20.1 Å². The first-order chi connectivity index (χ1) is 13.3. The molecule has 0 spiro atoms. The fourth-order valence-electron chi connectivity index (χ4n) is 2.60. The maximum atomic E-state index is 5.98. The standard InChI is InChI=1S/C21H28N4O2/c1-3-22-21(24-13-17-10-11-20(26-2)23-12-17)25-14-18-6-4-5-7-19(18)27-15-16-8-9-16/h4-7,10-12,16H,3,8-9,13-15H2,1-2H3,(H2,22,24,25). The number of aromatic nitrogens is 1. The first kappa shape index (κ1) is 19.0. The number of aliphatic imine (C=N–C) groups is 1. The van der Waals surface area contributed by atoms with Crippen molar-refractivity contribution in [1.29, 1.82) is 0 Å². The summed E-state index contributed by atoms with van der Waals surface area (Å²) in [6, 6.07) is 12.0. The van der Waals surface area contributed by atoms with Crippen molar-refractivity contribution < 1.29 is 9.47 Å². The minimum Gasteiger partial charge on any atom is -0.493 e. The molecule has 1 aliphatic rings. The molecule has 1 aromatic heterocycles. The summed E-state index contributed by atoms with van der Waals surface area (Å²) in [5.74, 6) is 3.07. The normalized spacial score (nSPS) is 13.9. The van der Waals surface area contributed by atoms with Crippen molar-refractivity contribution in [1.82, 2.24) is 15.6 Å². The molecule has 1 aromatic carbocycles. The first-order valence-corrected chi connectivity index (χ1v) is 9.50. The molecule has 0 atom stereocenters. The Kier molecular flexibility index (Phi) is 6.90. The van der Waals surface area contributed by atoms with Crippen LogP contribution in [0.2, 0.25) is 0 Å². The second-order valence-corrected chi connectivity index (χ2v) is 6.62. The number of benzene rings is 1. The molecular weight excluding hydrogens is 340 g/mol. The van der Waals surface area contributed by atoms with E-state index in [1.165, 1.54) is 12.8 Å². The highest BCUT2D eigenvalue weighted by Gasteiger charge is 2.22. The number of rotatable bonds is 9. The lowest BCUT2D eigenvalue weighted by Gasteiger charge is -2.14. The fourth-order valence-corrected chi connectivity index (χ4v) is 2.60. The number of ether oxygens (including phenoxy) is 2. The highest BCUT2D eigenvalue weighted by molar-refractivity contribution is 5.79. The highest BCUT2D eigenvalue weighted by atomic mass is 16.5. The summed E-state index contributed by atoms with van der Waals surface area (Å²) in [6.45, 7) is 4.88. The van der Waals surface area contributed by atoms with Gasteiger partial charge >= 0.3 is 0 Å². The molecule has 2 N–H and O–H groups in total. The Hall–Kier alpha value is -2.76. The van der Waals surface area contributed by atoms with Crippen LogP contribution in [-0.2, 0) is 13.1 Å². The van der Waals surface area contributed by atoms with E-state index >= 15 is 0 Å². The second kappa shape index (κ2) is 9.80. The van der Waals surface area contributed by atoms with Crippen LogP contribution in [0.4, 0.5) is 0 Å². The summed E-state index contributed by atoms with van der Waals surface area (Å²) in [7, 11) is 1.61. The maximum absolute atomic E-state index is 5.98. The van der Waals surface area contributed by atoms with Crippen molar-refractivity contribution >= 4 is 5.96 Å². The Morgan fingerprint density at radius 2 is 2.04 bits per heavy atom. The molecule has 6 nitrogen and oxygen atoms in total. The van der Waals surface area contributed by atoms with E-state index in [0.717, 1.165) is 41.9 Å². The lowest BCUT2D eigenvalue weighted by atomic mass is 10.2. The summed E-state index contributed by atoms with van der Waals surface area (Å²) in [4.78, 5) is 8.86. The minimum atomic E-state index is 0.548. The van der Waals surface area contributed by atoms with Gasteiger partial charge in [-0.2, -0.15) is 0 Å². The van der Waals surface area contributed by atoms with Crippen LogP contribution in [0, 0.1) is 5.92 Å². The second-order valence-electron chi connectivity index (χ2n) is 6.62. The number of guanidine groups is 1. The monoisotopic (exact) mass is 368 g/mol. The molecule has 27 heavy (non-hydrogen) atoms. The van der Waals surface area contributed by atoms with Crippen molar-refractivity contribution in [3.8, 4) is 11.6 Å². The summed E-state index contributed by atoms with van der Waals surface area (Å²) >= 11 is 0. The fraction of sp³-hybridized carbons (Fsp3) is 0.429. The van der Waals surface area contributed by atoms with Crippen molar-refractivity contribution in [2.75, 3.05) is 20.3 Å². The van der Waals surface area contributed by atoms with Gasteiger partial charge < -0.3 is 20.1 Å². The SMILES string of the molecule is CCNC(=NCc1ccc(OC)nc1)NCc1ccccc1OCC1CC1. The molecule has 0 radical (unpaired) electrons. The predicted molar refractivity (Wildman–Crippen MR) is 107 cm³/mol. The minimum absolute atomic E-state index is 0.548. The van der Waals surface area contributed by atoms with E-state index in [0.29, 0.717) is 19.0 Å². The molecule has 0 unspecified atom stereocenters. The van der Waals surface area contributed by atoms with Gasteiger partial charge in [0.1, 0.15) is 5.75 Å². The summed E-state index contributed by atoms with van der Waals surface area (Å²) in [6.07, 6.45) is 4.36. The lowest BCUT2D eigenvalue weighted by molar-refractivity contribution is 0.296. The number of pyridine rings is 1. The number of nitrogens with zero attached hydrogens (tertiary/aromatic N) is 2. The number of para-hydroxylation sites is 1. The number of hydrogen-bond acceptors (Lipinski definition) is 4. The third kappa shape index (κ3) is 6.16. The summed E-state index contributed by atoms with van der Waals surface area (Å²) in [5.41, 5.74) is 2.16. The van der Waals surface area contributed by atoms with Gasteiger partial charge in [0, 0.05) is 30.9 Å². The van der Waals surface area contributed by atoms with E-state index in [2.05, 4.69) is 33.6 Å². The topological polar surface area (TPSA) is 67.8 Å². The maximum Gasteiger partial charge on any atom is 0.212 e. The van der Waals surface area contributed by atoms with E-state index in [9.17, 15) is 0 Å². The van der Waals surface area contributed by atoms with Gasteiger partial charge in [-0.3, -0.25) is 0 Å². The average molecular weight is 368 g/mol. The number of nitrogens with one attached hydrogen (secondary N) is 2. The van der Waals surface area contributed by atoms with E-state index < -0.39 is 0 Å². The van der Waals surface area contributed by atoms with Crippen molar-refractivity contribution in [3.63, 3.8) is 0 Å². The molecule has 6 heteroatoms. The zero-order valence-corrected chi connectivity index (χ0v) is 16.1. The van der Waals surface area contributed by atoms with Gasteiger partial charge in [0.2, 0.25) is 5.88 Å². The average Bonchev–Trinajstić information content (AvgIpc) is 3.54. The van der Waals surface area contributed by atoms with Gasteiger partial charge in [0.05, 0.1) is 20.3 Å². The smallest absolute Gasteiger partial charge is 0.212 e. The van der Waals surface area contributed by atoms with Gasteiger partial charge in [-0.1, -0.05) is 24.3 Å². The number of hydrogen-bond donors (Lipinski definition) is 2. The van der Waals surface area contributed by atoms with E-state index in [1.807, 2.05) is 30.3 Å². The Balaban J connectivity index is 1.58. The summed E-state index contributed by atoms with van der Waals surface area (Å²) in [5, 5.41) is 6.67. The first-order valence-electron chi connectivity index (χ1n) is 9.50. The Labute approximate surface area is 161 Å². The van der Waals surface area contributed by atoms with Crippen molar-refractivity contribution in [2.45, 2.75) is 32.9 Å². The third-order valence-electron chi connectivity index (χ3n) is 4.36. The molecule has 1 fully saturated rings. The molecule has 2 aromatic rings. The van der Waals surface area contributed by atoms with Gasteiger partial charge in [-0.05, 0) is 37.3 Å². The van der Waals surface area contributed by atoms with Crippen LogP contribution in [0.1, 0.15) is 30.9 Å². The molecule has 0 aliphatic heterocycles. The molecule has 1 saturated carbocycles. The van der Waals surface area contributed by atoms with Crippen molar-refractivity contribution in [2.24, 2.45) is 10.9 Å². The summed E-state index contributed by atoms with van der Waals surface area (Å²) < 4.78 is 11.1.